The van der Waals surface area contributed by atoms with Crippen molar-refractivity contribution in [1.82, 2.24) is 15.4 Å². The molecular weight excluding hydrogens is 418 g/mol. The summed E-state index contributed by atoms with van der Waals surface area (Å²) in [5.74, 6) is -3.28. The van der Waals surface area contributed by atoms with Crippen molar-refractivity contribution >= 4 is 27.7 Å². The highest BCUT2D eigenvalue weighted by molar-refractivity contribution is 7.90. The molecule has 2 amide bonds. The van der Waals surface area contributed by atoms with Crippen LogP contribution in [0.3, 0.4) is 0 Å². The van der Waals surface area contributed by atoms with Crippen LogP contribution in [0.1, 0.15) is 23.6 Å². The summed E-state index contributed by atoms with van der Waals surface area (Å²) in [4.78, 5) is 28.6. The number of aliphatic imine (C=N–C) groups is 1. The smallest absolute Gasteiger partial charge is 0.263 e. The van der Waals surface area contributed by atoms with Gasteiger partial charge in [0, 0.05) is 19.0 Å². The molecule has 11 heteroatoms. The standard InChI is InChI=1S/C19H18F2N4O4S/c1-22-19(27)17(11-6-7-13(20)14(21)10-11)24-16(26)8-9-23-18-12-4-2-3-5-15(12)30(28,29)25-18/h2-7,10,17H,8-9H2,1H3,(H,22,27)(H,23,25)(H,24,26). The van der Waals surface area contributed by atoms with Crippen molar-refractivity contribution in [3.8, 4) is 0 Å². The van der Waals surface area contributed by atoms with Crippen LogP contribution in [0.2, 0.25) is 0 Å². The molecule has 1 unspecified atom stereocenters. The molecule has 2 aromatic rings. The fraction of sp³-hybridized carbons (Fsp3) is 0.211. The Labute approximate surface area is 171 Å². The van der Waals surface area contributed by atoms with E-state index in [1.807, 2.05) is 0 Å². The van der Waals surface area contributed by atoms with Crippen LogP contribution in [-0.2, 0) is 19.6 Å². The summed E-state index contributed by atoms with van der Waals surface area (Å²) >= 11 is 0. The van der Waals surface area contributed by atoms with Gasteiger partial charge in [0.05, 0.1) is 11.4 Å². The SMILES string of the molecule is CNC(=O)C(NC(=O)CCN=C1NS(=O)(=O)c2ccccc21)c1ccc(F)c(F)c1. The van der Waals surface area contributed by atoms with Gasteiger partial charge in [-0.3, -0.25) is 19.3 Å². The van der Waals surface area contributed by atoms with Crippen molar-refractivity contribution in [2.75, 3.05) is 13.6 Å². The number of benzene rings is 2. The molecule has 0 saturated heterocycles. The molecule has 0 spiro atoms. The maximum absolute atomic E-state index is 13.5. The van der Waals surface area contributed by atoms with Crippen molar-refractivity contribution in [3.05, 3.63) is 65.2 Å². The van der Waals surface area contributed by atoms with Crippen molar-refractivity contribution in [1.29, 1.82) is 0 Å². The number of hydrogen-bond acceptors (Lipinski definition) is 5. The molecule has 30 heavy (non-hydrogen) atoms. The Bertz CT molecular complexity index is 1140. The molecule has 0 bridgehead atoms. The molecule has 3 rings (SSSR count). The van der Waals surface area contributed by atoms with Crippen LogP contribution < -0.4 is 15.4 Å². The summed E-state index contributed by atoms with van der Waals surface area (Å²) in [6.07, 6.45) is -0.162. The average molecular weight is 436 g/mol. The highest BCUT2D eigenvalue weighted by Gasteiger charge is 2.30. The third kappa shape index (κ3) is 4.46. The maximum atomic E-state index is 13.5. The first kappa shape index (κ1) is 21.4. The Morgan fingerprint density at radius 2 is 1.87 bits per heavy atom. The summed E-state index contributed by atoms with van der Waals surface area (Å²) in [6, 6.07) is 7.96. The largest absolute Gasteiger partial charge is 0.357 e. The molecule has 0 aromatic heterocycles. The first-order valence-electron chi connectivity index (χ1n) is 8.85. The predicted molar refractivity (Wildman–Crippen MR) is 104 cm³/mol. The second-order valence-electron chi connectivity index (χ2n) is 6.37. The number of fused-ring (bicyclic) bond motifs is 1. The Morgan fingerprint density at radius 3 is 2.57 bits per heavy atom. The molecule has 0 saturated carbocycles. The molecule has 1 atom stereocenters. The van der Waals surface area contributed by atoms with Gasteiger partial charge in [-0.1, -0.05) is 18.2 Å². The van der Waals surface area contributed by atoms with Gasteiger partial charge >= 0.3 is 0 Å². The number of likely N-dealkylation sites (N-methyl/N-ethyl adjacent to an activating group) is 1. The summed E-state index contributed by atoms with van der Waals surface area (Å²) in [6.45, 7) is -0.0593. The lowest BCUT2D eigenvalue weighted by Gasteiger charge is -2.17. The van der Waals surface area contributed by atoms with E-state index < -0.39 is 39.5 Å². The van der Waals surface area contributed by atoms with E-state index in [1.165, 1.54) is 19.2 Å². The van der Waals surface area contributed by atoms with E-state index in [2.05, 4.69) is 20.3 Å². The minimum atomic E-state index is -3.68. The second-order valence-corrected chi connectivity index (χ2v) is 8.02. The van der Waals surface area contributed by atoms with Crippen LogP contribution >= 0.6 is 0 Å². The third-order valence-electron chi connectivity index (χ3n) is 4.36. The van der Waals surface area contributed by atoms with Crippen LogP contribution in [0.4, 0.5) is 8.78 Å². The zero-order valence-corrected chi connectivity index (χ0v) is 16.6. The normalized spacial score (nSPS) is 16.4. The number of amides is 2. The van der Waals surface area contributed by atoms with Gasteiger partial charge in [0.2, 0.25) is 11.8 Å². The fourth-order valence-electron chi connectivity index (χ4n) is 2.89. The molecule has 1 heterocycles. The zero-order valence-electron chi connectivity index (χ0n) is 15.8. The first-order valence-corrected chi connectivity index (χ1v) is 10.3. The van der Waals surface area contributed by atoms with E-state index in [0.29, 0.717) is 5.56 Å². The van der Waals surface area contributed by atoms with Crippen molar-refractivity contribution < 1.29 is 26.8 Å². The second kappa shape index (κ2) is 8.57. The predicted octanol–water partition coefficient (Wildman–Crippen LogP) is 0.997. The number of amidine groups is 1. The molecule has 0 aliphatic carbocycles. The van der Waals surface area contributed by atoms with Gasteiger partial charge in [0.25, 0.3) is 10.0 Å². The number of hydrogen-bond donors (Lipinski definition) is 3. The molecule has 158 valence electrons. The number of sulfonamides is 1. The number of nitrogens with zero attached hydrogens (tertiary/aromatic N) is 1. The van der Waals surface area contributed by atoms with Gasteiger partial charge in [0.15, 0.2) is 11.6 Å². The third-order valence-corrected chi connectivity index (χ3v) is 5.76. The highest BCUT2D eigenvalue weighted by Crippen LogP contribution is 2.22. The van der Waals surface area contributed by atoms with E-state index in [0.717, 1.165) is 12.1 Å². The van der Waals surface area contributed by atoms with Crippen LogP contribution in [0.5, 0.6) is 0 Å². The minimum absolute atomic E-state index is 0.0593. The molecule has 1 aliphatic rings. The highest BCUT2D eigenvalue weighted by atomic mass is 32.2. The molecule has 0 radical (unpaired) electrons. The lowest BCUT2D eigenvalue weighted by molar-refractivity contribution is -0.128. The zero-order chi connectivity index (χ0) is 21.9. The summed E-state index contributed by atoms with van der Waals surface area (Å²) in [7, 11) is -2.34. The van der Waals surface area contributed by atoms with Gasteiger partial charge in [0.1, 0.15) is 11.9 Å². The van der Waals surface area contributed by atoms with Gasteiger partial charge < -0.3 is 10.6 Å². The molecule has 0 fully saturated rings. The molecule has 1 aliphatic heterocycles. The summed E-state index contributed by atoms with van der Waals surface area (Å²) < 4.78 is 53.1. The van der Waals surface area contributed by atoms with Crippen molar-refractivity contribution in [3.63, 3.8) is 0 Å². The molecule has 8 nitrogen and oxygen atoms in total. The van der Waals surface area contributed by atoms with Gasteiger partial charge in [-0.2, -0.15) is 0 Å². The van der Waals surface area contributed by atoms with Crippen LogP contribution in [-0.4, -0.2) is 39.7 Å². The number of carbonyl (C=O) groups excluding carboxylic acids is 2. The van der Waals surface area contributed by atoms with Crippen molar-refractivity contribution in [2.45, 2.75) is 17.4 Å². The number of nitrogens with one attached hydrogen (secondary N) is 3. The van der Waals surface area contributed by atoms with Crippen LogP contribution in [0.25, 0.3) is 0 Å². The Hall–Kier alpha value is -3.34. The number of rotatable bonds is 6. The van der Waals surface area contributed by atoms with E-state index in [-0.39, 0.29) is 29.3 Å². The lowest BCUT2D eigenvalue weighted by Crippen LogP contribution is -2.39. The quantitative estimate of drug-likeness (QED) is 0.626. The van der Waals surface area contributed by atoms with Gasteiger partial charge in [-0.25, -0.2) is 17.2 Å². The van der Waals surface area contributed by atoms with E-state index in [1.54, 1.807) is 18.2 Å². The molecule has 3 N–H and O–H groups in total. The van der Waals surface area contributed by atoms with Gasteiger partial charge in [-0.05, 0) is 29.8 Å². The van der Waals surface area contributed by atoms with Gasteiger partial charge in [-0.15, -0.1) is 0 Å². The van der Waals surface area contributed by atoms with E-state index >= 15 is 0 Å². The first-order chi connectivity index (χ1) is 14.2. The van der Waals surface area contributed by atoms with Crippen molar-refractivity contribution in [2.24, 2.45) is 4.99 Å². The maximum Gasteiger partial charge on any atom is 0.263 e. The molecule has 2 aromatic carbocycles. The lowest BCUT2D eigenvalue weighted by atomic mass is 10.1. The Morgan fingerprint density at radius 1 is 1.13 bits per heavy atom. The topological polar surface area (TPSA) is 117 Å². The van der Waals surface area contributed by atoms with Crippen LogP contribution in [0, 0.1) is 11.6 Å². The number of carbonyl (C=O) groups is 2. The summed E-state index contributed by atoms with van der Waals surface area (Å²) in [5.41, 5.74) is 0.480. The van der Waals surface area contributed by atoms with Crippen LogP contribution in [0.15, 0.2) is 52.4 Å². The van der Waals surface area contributed by atoms with E-state index in [9.17, 15) is 26.8 Å². The molecular formula is C19H18F2N4O4S. The Kier molecular flexibility index (Phi) is 6.11. The number of halogens is 2. The van der Waals surface area contributed by atoms with E-state index in [4.69, 9.17) is 0 Å². The summed E-state index contributed by atoms with van der Waals surface area (Å²) in [5, 5.41) is 4.79. The minimum Gasteiger partial charge on any atom is -0.357 e. The monoisotopic (exact) mass is 436 g/mol. The average Bonchev–Trinajstić information content (AvgIpc) is 2.98. The Balaban J connectivity index is 1.69. The fourth-order valence-corrected chi connectivity index (χ4v) is 4.14.